The number of hydrogen-bond acceptors (Lipinski definition) is 7. The van der Waals surface area contributed by atoms with Gasteiger partial charge in [0.05, 0.1) is 22.6 Å². The van der Waals surface area contributed by atoms with Crippen LogP contribution in [0.4, 0.5) is 23.7 Å². The first-order chi connectivity index (χ1) is 18.8. The van der Waals surface area contributed by atoms with Crippen molar-refractivity contribution in [2.75, 3.05) is 31.5 Å². The number of alkyl halides is 3. The summed E-state index contributed by atoms with van der Waals surface area (Å²) < 4.78 is 45.1. The number of carbonyl (C=O) groups excluding carboxylic acids is 3. The monoisotopic (exact) mass is 561 g/mol. The maximum Gasteiger partial charge on any atom is 0.417 e. The van der Waals surface area contributed by atoms with E-state index in [9.17, 15) is 27.6 Å². The summed E-state index contributed by atoms with van der Waals surface area (Å²) in [6.07, 6.45) is -2.66. The maximum atomic E-state index is 13.3. The van der Waals surface area contributed by atoms with Crippen LogP contribution in [0, 0.1) is 11.3 Å². The van der Waals surface area contributed by atoms with Gasteiger partial charge in [-0.3, -0.25) is 19.7 Å². The fraction of sp³-hybridized carbons (Fsp3) is 0.538. The summed E-state index contributed by atoms with van der Waals surface area (Å²) in [5, 5.41) is 13.2. The van der Waals surface area contributed by atoms with Gasteiger partial charge < -0.3 is 19.9 Å². The lowest BCUT2D eigenvalue weighted by Gasteiger charge is -2.27. The average Bonchev–Trinajstić information content (AvgIpc) is 3.60. The molecule has 214 valence electrons. The van der Waals surface area contributed by atoms with Crippen molar-refractivity contribution in [3.05, 3.63) is 46.1 Å². The summed E-state index contributed by atoms with van der Waals surface area (Å²) >= 11 is 0. The Morgan fingerprint density at radius 1 is 1.10 bits per heavy atom. The van der Waals surface area contributed by atoms with Crippen molar-refractivity contribution in [1.29, 1.82) is 0 Å². The predicted molar refractivity (Wildman–Crippen MR) is 135 cm³/mol. The van der Waals surface area contributed by atoms with Gasteiger partial charge in [0.15, 0.2) is 0 Å². The molecule has 1 aliphatic carbocycles. The van der Waals surface area contributed by atoms with Crippen molar-refractivity contribution in [2.45, 2.75) is 52.8 Å². The number of aromatic amines is 1. The Labute approximate surface area is 228 Å². The minimum absolute atomic E-state index is 0.00169. The molecule has 40 heavy (non-hydrogen) atoms. The van der Waals surface area contributed by atoms with Gasteiger partial charge in [0.25, 0.3) is 0 Å². The SMILES string of the molecule is CC(C)(C)C(=O)Nc1cc(C(F)(F)F)cnc1COC(=O)N1CC2=C(C1)CN(C(=O)[C@@H]1CCc3[nH]nnc3C1)C2. The zero-order valence-corrected chi connectivity index (χ0v) is 22.4. The van der Waals surface area contributed by atoms with Gasteiger partial charge in [0.1, 0.15) is 12.3 Å². The summed E-state index contributed by atoms with van der Waals surface area (Å²) in [4.78, 5) is 45.5. The number of nitrogens with one attached hydrogen (secondary N) is 2. The zero-order valence-electron chi connectivity index (χ0n) is 22.4. The van der Waals surface area contributed by atoms with Crippen LogP contribution in [0.2, 0.25) is 0 Å². The molecule has 2 aromatic rings. The van der Waals surface area contributed by atoms with Gasteiger partial charge in [0, 0.05) is 50.1 Å². The lowest BCUT2D eigenvalue weighted by molar-refractivity contribution is -0.138. The number of aryl methyl sites for hydroxylation is 1. The summed E-state index contributed by atoms with van der Waals surface area (Å²) in [6, 6.07) is 0.785. The van der Waals surface area contributed by atoms with Crippen molar-refractivity contribution >= 4 is 23.6 Å². The number of ether oxygens (including phenoxy) is 1. The number of nitrogens with zero attached hydrogens (tertiary/aromatic N) is 5. The molecule has 0 unspecified atom stereocenters. The van der Waals surface area contributed by atoms with Crippen molar-refractivity contribution < 1.29 is 32.3 Å². The van der Waals surface area contributed by atoms with Gasteiger partial charge in [-0.05, 0) is 30.1 Å². The van der Waals surface area contributed by atoms with E-state index in [1.54, 1.807) is 25.7 Å². The Balaban J connectivity index is 1.16. The van der Waals surface area contributed by atoms with E-state index in [1.165, 1.54) is 4.90 Å². The molecule has 0 spiro atoms. The smallest absolute Gasteiger partial charge is 0.417 e. The first-order valence-corrected chi connectivity index (χ1v) is 13.0. The van der Waals surface area contributed by atoms with E-state index >= 15 is 0 Å². The lowest BCUT2D eigenvalue weighted by atomic mass is 9.89. The fourth-order valence-electron chi connectivity index (χ4n) is 5.03. The fourth-order valence-corrected chi connectivity index (χ4v) is 5.03. The Hall–Kier alpha value is -3.97. The van der Waals surface area contributed by atoms with Crippen LogP contribution in [-0.2, 0) is 40.0 Å². The van der Waals surface area contributed by atoms with E-state index in [2.05, 4.69) is 25.7 Å². The minimum atomic E-state index is -4.66. The molecule has 0 radical (unpaired) electrons. The molecule has 2 aromatic heterocycles. The van der Waals surface area contributed by atoms with Crippen LogP contribution in [0.25, 0.3) is 0 Å². The van der Waals surface area contributed by atoms with Crippen LogP contribution < -0.4 is 5.32 Å². The van der Waals surface area contributed by atoms with Crippen LogP contribution in [0.3, 0.4) is 0 Å². The van der Waals surface area contributed by atoms with Crippen LogP contribution >= 0.6 is 0 Å². The van der Waals surface area contributed by atoms with Crippen LogP contribution in [0.15, 0.2) is 23.4 Å². The number of aromatic nitrogens is 4. The van der Waals surface area contributed by atoms with Crippen LogP contribution in [0.1, 0.15) is 49.8 Å². The number of anilines is 1. The lowest BCUT2D eigenvalue weighted by Crippen LogP contribution is -2.40. The summed E-state index contributed by atoms with van der Waals surface area (Å²) in [5.74, 6) is -0.589. The van der Waals surface area contributed by atoms with Crippen molar-refractivity contribution in [3.8, 4) is 0 Å². The highest BCUT2D eigenvalue weighted by Gasteiger charge is 2.38. The summed E-state index contributed by atoms with van der Waals surface area (Å²) in [5.41, 5.74) is 1.72. The van der Waals surface area contributed by atoms with Gasteiger partial charge in [-0.1, -0.05) is 26.0 Å². The van der Waals surface area contributed by atoms with Crippen LogP contribution in [0.5, 0.6) is 0 Å². The number of hydrogen-bond donors (Lipinski definition) is 2. The van der Waals surface area contributed by atoms with Crippen LogP contribution in [-0.4, -0.2) is 74.3 Å². The molecule has 11 nitrogen and oxygen atoms in total. The standard InChI is InChI=1S/C26H30F3N7O4/c1-25(2,3)23(38)31-19-7-17(26(27,28)29)8-30-21(19)13-40-24(39)36-11-15-9-35(10-16(15)12-36)22(37)14-4-5-18-20(6-14)33-34-32-18/h7-8,14H,4-6,9-13H2,1-3H3,(H,31,38)(H,32,33,34)/t14-/m1/s1. The predicted octanol–water partition coefficient (Wildman–Crippen LogP) is 3.10. The molecule has 0 saturated carbocycles. The third-order valence-electron chi connectivity index (χ3n) is 7.39. The average molecular weight is 562 g/mol. The molecule has 5 rings (SSSR count). The van der Waals surface area contributed by atoms with E-state index in [1.807, 2.05) is 0 Å². The van der Waals surface area contributed by atoms with Crippen molar-refractivity contribution in [1.82, 2.24) is 30.2 Å². The van der Waals surface area contributed by atoms with Gasteiger partial charge in [-0.2, -0.15) is 13.2 Å². The summed E-state index contributed by atoms with van der Waals surface area (Å²) in [6.45, 7) is 5.91. The second kappa shape index (κ2) is 10.2. The molecule has 0 aromatic carbocycles. The van der Waals surface area contributed by atoms with Crippen molar-refractivity contribution in [2.24, 2.45) is 11.3 Å². The molecule has 4 heterocycles. The van der Waals surface area contributed by atoms with E-state index in [4.69, 9.17) is 4.74 Å². The molecule has 1 atom stereocenters. The molecule has 14 heteroatoms. The highest BCUT2D eigenvalue weighted by atomic mass is 19.4. The third-order valence-corrected chi connectivity index (χ3v) is 7.39. The Kier molecular flexibility index (Phi) is 7.04. The topological polar surface area (TPSA) is 133 Å². The molecule has 0 fully saturated rings. The maximum absolute atomic E-state index is 13.3. The highest BCUT2D eigenvalue weighted by molar-refractivity contribution is 5.95. The molecular weight excluding hydrogens is 531 g/mol. The quantitative estimate of drug-likeness (QED) is 0.548. The summed E-state index contributed by atoms with van der Waals surface area (Å²) in [7, 11) is 0. The highest BCUT2D eigenvalue weighted by Crippen LogP contribution is 2.33. The number of fused-ring (bicyclic) bond motifs is 1. The van der Waals surface area contributed by atoms with E-state index in [-0.39, 0.29) is 23.2 Å². The molecule has 0 saturated heterocycles. The first kappa shape index (κ1) is 27.6. The zero-order chi connectivity index (χ0) is 28.8. The molecule has 0 bridgehead atoms. The third kappa shape index (κ3) is 5.65. The second-order valence-electron chi connectivity index (χ2n) is 11.4. The Bertz CT molecular complexity index is 1360. The number of H-pyrrole nitrogens is 1. The minimum Gasteiger partial charge on any atom is -0.443 e. The number of amides is 3. The Morgan fingerprint density at radius 2 is 1.77 bits per heavy atom. The molecular formula is C26H30F3N7O4. The normalized spacial score (nSPS) is 19.0. The number of carbonyl (C=O) groups is 3. The van der Waals surface area contributed by atoms with Gasteiger partial charge in [0.2, 0.25) is 11.8 Å². The van der Waals surface area contributed by atoms with E-state index in [0.29, 0.717) is 38.8 Å². The van der Waals surface area contributed by atoms with Gasteiger partial charge in [-0.15, -0.1) is 5.10 Å². The Morgan fingerprint density at radius 3 is 2.42 bits per heavy atom. The number of halogens is 3. The number of rotatable bonds is 4. The first-order valence-electron chi connectivity index (χ1n) is 13.0. The van der Waals surface area contributed by atoms with Gasteiger partial charge >= 0.3 is 12.3 Å². The number of pyridine rings is 1. The van der Waals surface area contributed by atoms with E-state index in [0.717, 1.165) is 41.4 Å². The molecule has 3 aliphatic rings. The second-order valence-corrected chi connectivity index (χ2v) is 11.4. The van der Waals surface area contributed by atoms with Gasteiger partial charge in [-0.25, -0.2) is 4.79 Å². The largest absolute Gasteiger partial charge is 0.443 e. The van der Waals surface area contributed by atoms with E-state index < -0.39 is 35.8 Å². The van der Waals surface area contributed by atoms with Crippen molar-refractivity contribution in [3.63, 3.8) is 0 Å². The molecule has 2 N–H and O–H groups in total. The molecule has 2 aliphatic heterocycles. The molecule has 3 amide bonds.